The van der Waals surface area contributed by atoms with E-state index in [1.54, 1.807) is 0 Å². The van der Waals surface area contributed by atoms with Gasteiger partial charge in [0.25, 0.3) is 0 Å². The molecule has 0 aromatic rings. The number of carboxylic acids is 1. The van der Waals surface area contributed by atoms with Crippen molar-refractivity contribution >= 4 is 23.7 Å². The van der Waals surface area contributed by atoms with Gasteiger partial charge in [-0.3, -0.25) is 19.2 Å². The van der Waals surface area contributed by atoms with Crippen molar-refractivity contribution in [2.75, 3.05) is 6.54 Å². The second-order valence-corrected chi connectivity index (χ2v) is 5.37. The highest BCUT2D eigenvalue weighted by atomic mass is 16.4. The SMILES string of the molecule is CC(NC(=O)C1CCCN1C(=O)C(N)CCC(N)=O)C(=O)O. The summed E-state index contributed by atoms with van der Waals surface area (Å²) < 4.78 is 0. The highest BCUT2D eigenvalue weighted by Crippen LogP contribution is 2.19. The fourth-order valence-corrected chi connectivity index (χ4v) is 2.31. The number of nitrogens with one attached hydrogen (secondary N) is 1. The Kier molecular flexibility index (Phi) is 6.29. The van der Waals surface area contributed by atoms with Gasteiger partial charge in [-0.25, -0.2) is 0 Å². The number of amides is 3. The third-order valence-electron chi connectivity index (χ3n) is 3.59. The van der Waals surface area contributed by atoms with Crippen LogP contribution in [0.3, 0.4) is 0 Å². The Morgan fingerprint density at radius 1 is 1.36 bits per heavy atom. The first kappa shape index (κ1) is 17.9. The summed E-state index contributed by atoms with van der Waals surface area (Å²) in [6, 6.07) is -2.67. The summed E-state index contributed by atoms with van der Waals surface area (Å²) in [5.41, 5.74) is 10.7. The molecule has 0 aliphatic carbocycles. The molecule has 6 N–H and O–H groups in total. The zero-order chi connectivity index (χ0) is 16.9. The summed E-state index contributed by atoms with van der Waals surface area (Å²) in [5, 5.41) is 11.1. The van der Waals surface area contributed by atoms with Crippen LogP contribution in [0.15, 0.2) is 0 Å². The first-order chi connectivity index (χ1) is 10.2. The number of hydrogen-bond acceptors (Lipinski definition) is 5. The lowest BCUT2D eigenvalue weighted by atomic mass is 10.1. The van der Waals surface area contributed by atoms with E-state index in [1.807, 2.05) is 0 Å². The van der Waals surface area contributed by atoms with E-state index >= 15 is 0 Å². The number of carboxylic acid groups (broad SMARTS) is 1. The second kappa shape index (κ2) is 7.74. The minimum absolute atomic E-state index is 0.00629. The molecule has 3 amide bonds. The van der Waals surface area contributed by atoms with Gasteiger partial charge in [0.1, 0.15) is 12.1 Å². The Morgan fingerprint density at radius 3 is 2.55 bits per heavy atom. The van der Waals surface area contributed by atoms with Crippen LogP contribution in [0.5, 0.6) is 0 Å². The Morgan fingerprint density at radius 2 is 2.00 bits per heavy atom. The highest BCUT2D eigenvalue weighted by molar-refractivity contribution is 5.92. The lowest BCUT2D eigenvalue weighted by molar-refractivity contribution is -0.143. The van der Waals surface area contributed by atoms with Crippen LogP contribution in [0.25, 0.3) is 0 Å². The van der Waals surface area contributed by atoms with Crippen molar-refractivity contribution in [3.8, 4) is 0 Å². The lowest BCUT2D eigenvalue weighted by Gasteiger charge is -2.27. The molecule has 9 heteroatoms. The van der Waals surface area contributed by atoms with Gasteiger partial charge in [-0.2, -0.15) is 0 Å². The van der Waals surface area contributed by atoms with Crippen molar-refractivity contribution in [1.29, 1.82) is 0 Å². The van der Waals surface area contributed by atoms with Crippen LogP contribution in [-0.4, -0.2) is 58.4 Å². The predicted octanol–water partition coefficient (Wildman–Crippen LogP) is -1.84. The van der Waals surface area contributed by atoms with Crippen LogP contribution in [0.2, 0.25) is 0 Å². The first-order valence-corrected chi connectivity index (χ1v) is 7.11. The van der Waals surface area contributed by atoms with Gasteiger partial charge in [0.2, 0.25) is 17.7 Å². The third-order valence-corrected chi connectivity index (χ3v) is 3.59. The molecule has 1 aliphatic heterocycles. The highest BCUT2D eigenvalue weighted by Gasteiger charge is 2.36. The molecule has 1 fully saturated rings. The predicted molar refractivity (Wildman–Crippen MR) is 76.4 cm³/mol. The monoisotopic (exact) mass is 314 g/mol. The number of carbonyl (C=O) groups excluding carboxylic acids is 3. The number of nitrogens with zero attached hydrogens (tertiary/aromatic N) is 1. The van der Waals surface area contributed by atoms with E-state index in [1.165, 1.54) is 11.8 Å². The molecule has 0 aromatic heterocycles. The van der Waals surface area contributed by atoms with Gasteiger partial charge in [-0.05, 0) is 26.2 Å². The molecule has 1 aliphatic rings. The van der Waals surface area contributed by atoms with Crippen molar-refractivity contribution in [2.24, 2.45) is 11.5 Å². The van der Waals surface area contributed by atoms with Crippen molar-refractivity contribution in [2.45, 2.75) is 50.7 Å². The molecule has 124 valence electrons. The maximum atomic E-state index is 12.2. The topological polar surface area (TPSA) is 156 Å². The van der Waals surface area contributed by atoms with Crippen molar-refractivity contribution in [3.63, 3.8) is 0 Å². The summed E-state index contributed by atoms with van der Waals surface area (Å²) in [6.45, 7) is 1.72. The third kappa shape index (κ3) is 4.69. The van der Waals surface area contributed by atoms with E-state index < -0.39 is 41.8 Å². The molecule has 0 bridgehead atoms. The molecule has 3 unspecified atom stereocenters. The number of primary amides is 1. The molecule has 3 atom stereocenters. The van der Waals surface area contributed by atoms with Gasteiger partial charge in [-0.15, -0.1) is 0 Å². The molecule has 1 rings (SSSR count). The fourth-order valence-electron chi connectivity index (χ4n) is 2.31. The van der Waals surface area contributed by atoms with Crippen molar-refractivity contribution < 1.29 is 24.3 Å². The van der Waals surface area contributed by atoms with Crippen LogP contribution in [0, 0.1) is 0 Å². The molecule has 1 saturated heterocycles. The Bertz CT molecular complexity index is 467. The average molecular weight is 314 g/mol. The molecule has 0 aromatic carbocycles. The molecule has 1 heterocycles. The lowest BCUT2D eigenvalue weighted by Crippen LogP contribution is -2.53. The van der Waals surface area contributed by atoms with Gasteiger partial charge in [-0.1, -0.05) is 0 Å². The van der Waals surface area contributed by atoms with Gasteiger partial charge in [0.15, 0.2) is 0 Å². The normalized spacial score (nSPS) is 20.3. The van der Waals surface area contributed by atoms with Crippen LogP contribution < -0.4 is 16.8 Å². The molecular formula is C13H22N4O5. The Balaban J connectivity index is 2.65. The smallest absolute Gasteiger partial charge is 0.325 e. The standard InChI is InChI=1S/C13H22N4O5/c1-7(13(21)22)16-11(19)9-3-2-6-17(9)12(20)8(14)4-5-10(15)18/h7-9H,2-6,14H2,1H3,(H2,15,18)(H,16,19)(H,21,22). The summed E-state index contributed by atoms with van der Waals surface area (Å²) in [7, 11) is 0. The second-order valence-electron chi connectivity index (χ2n) is 5.37. The van der Waals surface area contributed by atoms with E-state index in [2.05, 4.69) is 5.32 Å². The van der Waals surface area contributed by atoms with Crippen molar-refractivity contribution in [3.05, 3.63) is 0 Å². The zero-order valence-electron chi connectivity index (χ0n) is 12.4. The van der Waals surface area contributed by atoms with Gasteiger partial charge in [0, 0.05) is 13.0 Å². The van der Waals surface area contributed by atoms with E-state index in [9.17, 15) is 19.2 Å². The van der Waals surface area contributed by atoms with Crippen molar-refractivity contribution in [1.82, 2.24) is 10.2 Å². The molecule has 0 saturated carbocycles. The van der Waals surface area contributed by atoms with Gasteiger partial charge >= 0.3 is 5.97 Å². The molecular weight excluding hydrogens is 292 g/mol. The summed E-state index contributed by atoms with van der Waals surface area (Å²) in [5.74, 6) is -2.64. The van der Waals surface area contributed by atoms with Crippen LogP contribution in [0.1, 0.15) is 32.6 Å². The van der Waals surface area contributed by atoms with E-state index in [0.29, 0.717) is 19.4 Å². The Hall–Kier alpha value is -2.16. The molecule has 0 radical (unpaired) electrons. The van der Waals surface area contributed by atoms with E-state index in [0.717, 1.165) is 0 Å². The van der Waals surface area contributed by atoms with Crippen LogP contribution in [0.4, 0.5) is 0 Å². The first-order valence-electron chi connectivity index (χ1n) is 7.11. The molecule has 9 nitrogen and oxygen atoms in total. The average Bonchev–Trinajstić information content (AvgIpc) is 2.92. The fraction of sp³-hybridized carbons (Fsp3) is 0.692. The maximum absolute atomic E-state index is 12.2. The Labute approximate surface area is 128 Å². The number of rotatable bonds is 7. The minimum atomic E-state index is -1.15. The van der Waals surface area contributed by atoms with E-state index in [-0.39, 0.29) is 12.8 Å². The number of aliphatic carboxylic acids is 1. The number of hydrogen-bond donors (Lipinski definition) is 4. The summed E-state index contributed by atoms with van der Waals surface area (Å²) in [4.78, 5) is 47.2. The molecule has 22 heavy (non-hydrogen) atoms. The van der Waals surface area contributed by atoms with Gasteiger partial charge < -0.3 is 26.8 Å². The van der Waals surface area contributed by atoms with E-state index in [4.69, 9.17) is 16.6 Å². The number of carbonyl (C=O) groups is 4. The molecule has 0 spiro atoms. The summed E-state index contributed by atoms with van der Waals surface area (Å²) >= 11 is 0. The largest absolute Gasteiger partial charge is 0.480 e. The quantitative estimate of drug-likeness (QED) is 0.432. The number of likely N-dealkylation sites (tertiary alicyclic amines) is 1. The minimum Gasteiger partial charge on any atom is -0.480 e. The van der Waals surface area contributed by atoms with Gasteiger partial charge in [0.05, 0.1) is 6.04 Å². The van der Waals surface area contributed by atoms with Crippen LogP contribution in [-0.2, 0) is 19.2 Å². The maximum Gasteiger partial charge on any atom is 0.325 e. The number of nitrogens with two attached hydrogens (primary N) is 2. The summed E-state index contributed by atoms with van der Waals surface area (Å²) in [6.07, 6.45) is 1.19. The van der Waals surface area contributed by atoms with Crippen LogP contribution >= 0.6 is 0 Å². The zero-order valence-corrected chi connectivity index (χ0v) is 12.4.